The summed E-state index contributed by atoms with van der Waals surface area (Å²) < 4.78 is 39.5. The van der Waals surface area contributed by atoms with Crippen molar-refractivity contribution < 1.29 is 27.6 Å². The molecule has 0 saturated carbocycles. The summed E-state index contributed by atoms with van der Waals surface area (Å²) in [5.74, 6) is -1.93. The van der Waals surface area contributed by atoms with E-state index in [1.807, 2.05) is 0 Å². The Hall–Kier alpha value is -4.01. The summed E-state index contributed by atoms with van der Waals surface area (Å²) in [6, 6.07) is 11.8. The second-order valence-electron chi connectivity index (χ2n) is 6.82. The normalized spacial score (nSPS) is 13.3. The summed E-state index contributed by atoms with van der Waals surface area (Å²) in [5, 5.41) is 2.22. The van der Waals surface area contributed by atoms with Gasteiger partial charge >= 0.3 is 6.18 Å². The van der Waals surface area contributed by atoms with Crippen LogP contribution in [-0.4, -0.2) is 27.6 Å². The van der Waals surface area contributed by atoms with Crippen molar-refractivity contribution in [2.75, 3.05) is 5.32 Å². The molecule has 1 aliphatic rings. The maximum atomic E-state index is 13.2. The van der Waals surface area contributed by atoms with Gasteiger partial charge in [0.15, 0.2) is 0 Å². The number of alkyl halides is 3. The number of nitrogens with one attached hydrogen (secondary N) is 1. The van der Waals surface area contributed by atoms with E-state index in [1.54, 1.807) is 18.3 Å². The van der Waals surface area contributed by atoms with Gasteiger partial charge in [0.05, 0.1) is 28.9 Å². The third-order valence-electron chi connectivity index (χ3n) is 4.78. The smallest absolute Gasteiger partial charge is 0.321 e. The number of aromatic nitrogens is 1. The molecule has 1 aromatic heterocycles. The van der Waals surface area contributed by atoms with Crippen LogP contribution in [0.15, 0.2) is 67.0 Å². The van der Waals surface area contributed by atoms with Crippen LogP contribution in [0.5, 0.6) is 0 Å². The van der Waals surface area contributed by atoms with Crippen LogP contribution in [0.2, 0.25) is 0 Å². The fraction of sp³-hybridized carbons (Fsp3) is 0.0909. The van der Waals surface area contributed by atoms with Crippen molar-refractivity contribution in [2.45, 2.75) is 12.7 Å². The average Bonchev–Trinajstić information content (AvgIpc) is 2.98. The Labute approximate surface area is 174 Å². The van der Waals surface area contributed by atoms with Crippen molar-refractivity contribution >= 4 is 23.4 Å². The van der Waals surface area contributed by atoms with Crippen molar-refractivity contribution in [1.82, 2.24) is 9.88 Å². The minimum Gasteiger partial charge on any atom is -0.321 e. The van der Waals surface area contributed by atoms with Crippen molar-refractivity contribution in [1.29, 1.82) is 0 Å². The Morgan fingerprint density at radius 2 is 1.71 bits per heavy atom. The van der Waals surface area contributed by atoms with Gasteiger partial charge < -0.3 is 5.32 Å². The number of hydrogen-bond donors (Lipinski definition) is 1. The molecule has 31 heavy (non-hydrogen) atoms. The number of hydrogen-bond acceptors (Lipinski definition) is 4. The molecule has 2 aromatic carbocycles. The van der Waals surface area contributed by atoms with Crippen LogP contribution in [0.25, 0.3) is 0 Å². The fourth-order valence-corrected chi connectivity index (χ4v) is 3.28. The molecule has 156 valence electrons. The predicted molar refractivity (Wildman–Crippen MR) is 104 cm³/mol. The number of carbonyl (C=O) groups is 3. The number of halogens is 3. The molecule has 0 saturated heterocycles. The Balaban J connectivity index is 1.59. The number of nitrogens with zero attached hydrogens (tertiary/aromatic N) is 2. The lowest BCUT2D eigenvalue weighted by Gasteiger charge is -2.13. The van der Waals surface area contributed by atoms with E-state index in [1.165, 1.54) is 36.5 Å². The first kappa shape index (κ1) is 20.3. The second kappa shape index (κ2) is 7.67. The molecule has 1 aliphatic heterocycles. The standard InChI is InChI=1S/C22H14F3N3O3/c23-22(24,25)17-5-1-2-6-18(17)27-19(29)14-7-8-15-16(10-14)21(31)28(20(15)30)12-13-4-3-9-26-11-13/h1-11H,12H2,(H,27,29). The van der Waals surface area contributed by atoms with E-state index in [2.05, 4.69) is 10.3 Å². The number of amides is 3. The molecule has 1 N–H and O–H groups in total. The first-order chi connectivity index (χ1) is 14.8. The molecular weight excluding hydrogens is 411 g/mol. The third-order valence-corrected chi connectivity index (χ3v) is 4.78. The predicted octanol–water partition coefficient (Wildman–Crippen LogP) is 4.15. The van der Waals surface area contributed by atoms with Crippen LogP contribution >= 0.6 is 0 Å². The number of imide groups is 1. The number of rotatable bonds is 4. The first-order valence-electron chi connectivity index (χ1n) is 9.12. The minimum atomic E-state index is -4.64. The Morgan fingerprint density at radius 1 is 0.968 bits per heavy atom. The largest absolute Gasteiger partial charge is 0.418 e. The van der Waals surface area contributed by atoms with Crippen LogP contribution in [0.4, 0.5) is 18.9 Å². The van der Waals surface area contributed by atoms with Crippen molar-refractivity contribution in [2.24, 2.45) is 0 Å². The zero-order chi connectivity index (χ0) is 22.2. The Morgan fingerprint density at radius 3 is 2.42 bits per heavy atom. The Kier molecular flexibility index (Phi) is 5.02. The minimum absolute atomic E-state index is 0.0146. The summed E-state index contributed by atoms with van der Waals surface area (Å²) in [6.45, 7) is 0.0146. The lowest BCUT2D eigenvalue weighted by atomic mass is 10.0. The molecule has 3 amide bonds. The molecule has 0 atom stereocenters. The summed E-state index contributed by atoms with van der Waals surface area (Å²) in [4.78, 5) is 42.9. The van der Waals surface area contributed by atoms with Crippen molar-refractivity contribution in [3.63, 3.8) is 0 Å². The van der Waals surface area contributed by atoms with Gasteiger partial charge in [-0.2, -0.15) is 13.2 Å². The van der Waals surface area contributed by atoms with E-state index in [0.29, 0.717) is 5.56 Å². The van der Waals surface area contributed by atoms with Crippen LogP contribution in [0.3, 0.4) is 0 Å². The van der Waals surface area contributed by atoms with Gasteiger partial charge in [0.2, 0.25) is 0 Å². The zero-order valence-corrected chi connectivity index (χ0v) is 15.8. The van der Waals surface area contributed by atoms with E-state index in [0.717, 1.165) is 17.0 Å². The molecule has 0 unspecified atom stereocenters. The van der Waals surface area contributed by atoms with Gasteiger partial charge in [0.25, 0.3) is 17.7 Å². The number of fused-ring (bicyclic) bond motifs is 1. The van der Waals surface area contributed by atoms with Gasteiger partial charge in [-0.1, -0.05) is 18.2 Å². The van der Waals surface area contributed by atoms with E-state index >= 15 is 0 Å². The monoisotopic (exact) mass is 425 g/mol. The van der Waals surface area contributed by atoms with Gasteiger partial charge in [-0.3, -0.25) is 24.3 Å². The summed E-state index contributed by atoms with van der Waals surface area (Å²) in [6.07, 6.45) is -1.55. The number of benzene rings is 2. The maximum Gasteiger partial charge on any atom is 0.418 e. The van der Waals surface area contributed by atoms with Crippen LogP contribution in [0.1, 0.15) is 42.2 Å². The third kappa shape index (κ3) is 3.89. The molecule has 0 spiro atoms. The molecular formula is C22H14F3N3O3. The quantitative estimate of drug-likeness (QED) is 0.637. The summed E-state index contributed by atoms with van der Waals surface area (Å²) >= 11 is 0. The molecule has 9 heteroatoms. The highest BCUT2D eigenvalue weighted by molar-refractivity contribution is 6.22. The fourth-order valence-electron chi connectivity index (χ4n) is 3.28. The highest BCUT2D eigenvalue weighted by Gasteiger charge is 2.36. The molecule has 0 radical (unpaired) electrons. The lowest BCUT2D eigenvalue weighted by molar-refractivity contribution is -0.136. The molecule has 2 heterocycles. The lowest BCUT2D eigenvalue weighted by Crippen LogP contribution is -2.29. The van der Waals surface area contributed by atoms with Gasteiger partial charge in [-0.05, 0) is 42.0 Å². The van der Waals surface area contributed by atoms with E-state index in [4.69, 9.17) is 0 Å². The summed E-state index contributed by atoms with van der Waals surface area (Å²) in [5.41, 5.74) is -0.634. The molecule has 0 bridgehead atoms. The van der Waals surface area contributed by atoms with Gasteiger partial charge in [0, 0.05) is 18.0 Å². The van der Waals surface area contributed by atoms with Gasteiger partial charge in [0.1, 0.15) is 0 Å². The average molecular weight is 425 g/mol. The number of para-hydroxylation sites is 1. The topological polar surface area (TPSA) is 79.4 Å². The van der Waals surface area contributed by atoms with Gasteiger partial charge in [-0.25, -0.2) is 0 Å². The molecule has 6 nitrogen and oxygen atoms in total. The second-order valence-corrected chi connectivity index (χ2v) is 6.82. The molecule has 0 fully saturated rings. The van der Waals surface area contributed by atoms with E-state index in [-0.39, 0.29) is 23.2 Å². The SMILES string of the molecule is O=C(Nc1ccccc1C(F)(F)F)c1ccc2c(c1)C(=O)N(Cc1cccnc1)C2=O. The highest BCUT2D eigenvalue weighted by Crippen LogP contribution is 2.35. The van der Waals surface area contributed by atoms with Crippen LogP contribution in [-0.2, 0) is 12.7 Å². The Bertz CT molecular complexity index is 1190. The molecule has 0 aliphatic carbocycles. The van der Waals surface area contributed by atoms with E-state index in [9.17, 15) is 27.6 Å². The summed E-state index contributed by atoms with van der Waals surface area (Å²) in [7, 11) is 0. The van der Waals surface area contributed by atoms with E-state index < -0.39 is 35.1 Å². The van der Waals surface area contributed by atoms with Crippen LogP contribution < -0.4 is 5.32 Å². The number of anilines is 1. The number of carbonyl (C=O) groups excluding carboxylic acids is 3. The highest BCUT2D eigenvalue weighted by atomic mass is 19.4. The maximum absolute atomic E-state index is 13.2. The van der Waals surface area contributed by atoms with Gasteiger partial charge in [-0.15, -0.1) is 0 Å². The van der Waals surface area contributed by atoms with Crippen molar-refractivity contribution in [3.8, 4) is 0 Å². The van der Waals surface area contributed by atoms with Crippen LogP contribution in [0, 0.1) is 0 Å². The molecule has 4 rings (SSSR count). The molecule has 3 aromatic rings. The first-order valence-corrected chi connectivity index (χ1v) is 9.12. The van der Waals surface area contributed by atoms with Crippen molar-refractivity contribution in [3.05, 3.63) is 94.8 Å². The zero-order valence-electron chi connectivity index (χ0n) is 15.8. The number of pyridine rings is 1.